The van der Waals surface area contributed by atoms with Gasteiger partial charge >= 0.3 is 5.97 Å². The largest absolute Gasteiger partial charge is 0.466 e. The van der Waals surface area contributed by atoms with Gasteiger partial charge in [-0.1, -0.05) is 57.6 Å². The minimum absolute atomic E-state index is 0.0423. The predicted molar refractivity (Wildman–Crippen MR) is 110 cm³/mol. The summed E-state index contributed by atoms with van der Waals surface area (Å²) < 4.78 is 11.5. The molecule has 25 heavy (non-hydrogen) atoms. The fourth-order valence-corrected chi connectivity index (χ4v) is 3.72. The van der Waals surface area contributed by atoms with Crippen LogP contribution in [0.1, 0.15) is 54.9 Å². The zero-order valence-corrected chi connectivity index (χ0v) is 18.9. The lowest BCUT2D eigenvalue weighted by atomic mass is 9.98. The van der Waals surface area contributed by atoms with E-state index in [0.717, 1.165) is 0 Å². The van der Waals surface area contributed by atoms with Crippen LogP contribution in [0.25, 0.3) is 0 Å². The van der Waals surface area contributed by atoms with Crippen molar-refractivity contribution >= 4 is 14.3 Å². The molecule has 0 aliphatic carbocycles. The van der Waals surface area contributed by atoms with Crippen molar-refractivity contribution in [3.8, 4) is 0 Å². The molecule has 0 amide bonds. The standard InChI is InChI=1S/C21H38O3Si/c1-11-12-16(2)15-18(4)19(14-13-17(3)20(22)23-8)24-25(9,10)21(5,6)7/h11-13,15,18-19H,14H2,1-10H3/b12-11-,16-15+,17-13?/t18-,19-/m0/s1. The Morgan fingerprint density at radius 2 is 1.76 bits per heavy atom. The number of methoxy groups -OCH3 is 1. The second-order valence-corrected chi connectivity index (χ2v) is 13.1. The molecule has 3 nitrogen and oxygen atoms in total. The number of ether oxygens (including phenoxy) is 1. The van der Waals surface area contributed by atoms with Crippen molar-refractivity contribution in [3.05, 3.63) is 35.5 Å². The molecular formula is C21H38O3Si. The second-order valence-electron chi connectivity index (χ2n) is 8.30. The van der Waals surface area contributed by atoms with E-state index in [0.29, 0.717) is 12.0 Å². The van der Waals surface area contributed by atoms with E-state index >= 15 is 0 Å². The summed E-state index contributed by atoms with van der Waals surface area (Å²) in [6.07, 6.45) is 9.09. The SMILES string of the molecule is C/C=C\C(C)=C\[C@H](C)[C@H](CC=C(C)C(=O)OC)O[Si](C)(C)C(C)(C)C. The average Bonchev–Trinajstić information content (AvgIpc) is 2.48. The van der Waals surface area contributed by atoms with E-state index in [2.05, 4.69) is 59.9 Å². The average molecular weight is 367 g/mol. The summed E-state index contributed by atoms with van der Waals surface area (Å²) >= 11 is 0. The molecule has 0 N–H and O–H groups in total. The molecule has 0 aromatic rings. The van der Waals surface area contributed by atoms with Crippen LogP contribution in [0.2, 0.25) is 18.1 Å². The molecule has 0 saturated carbocycles. The highest BCUT2D eigenvalue weighted by molar-refractivity contribution is 6.74. The van der Waals surface area contributed by atoms with Gasteiger partial charge in [0, 0.05) is 5.57 Å². The summed E-state index contributed by atoms with van der Waals surface area (Å²) in [5.74, 6) is -0.0219. The monoisotopic (exact) mass is 366 g/mol. The molecule has 0 radical (unpaired) electrons. The number of carbonyl (C=O) groups excluding carboxylic acids is 1. The Bertz CT molecular complexity index is 522. The molecule has 0 aliphatic rings. The number of rotatable bonds is 8. The van der Waals surface area contributed by atoms with Gasteiger partial charge < -0.3 is 9.16 Å². The minimum Gasteiger partial charge on any atom is -0.466 e. The van der Waals surface area contributed by atoms with Crippen LogP contribution in [0, 0.1) is 5.92 Å². The number of carbonyl (C=O) groups is 1. The zero-order chi connectivity index (χ0) is 19.8. The summed E-state index contributed by atoms with van der Waals surface area (Å²) in [5, 5.41) is 0.147. The molecular weight excluding hydrogens is 328 g/mol. The zero-order valence-electron chi connectivity index (χ0n) is 17.9. The van der Waals surface area contributed by atoms with Crippen LogP contribution in [0.15, 0.2) is 35.5 Å². The summed E-state index contributed by atoms with van der Waals surface area (Å²) in [4.78, 5) is 11.7. The molecule has 4 heteroatoms. The Balaban J connectivity index is 5.51. The summed E-state index contributed by atoms with van der Waals surface area (Å²) in [5.41, 5.74) is 1.86. The molecule has 0 heterocycles. The number of hydrogen-bond donors (Lipinski definition) is 0. The summed E-state index contributed by atoms with van der Waals surface area (Å²) in [7, 11) is -0.489. The smallest absolute Gasteiger partial charge is 0.333 e. The van der Waals surface area contributed by atoms with E-state index in [1.54, 1.807) is 6.92 Å². The maximum absolute atomic E-state index is 11.7. The van der Waals surface area contributed by atoms with Crippen LogP contribution in [-0.4, -0.2) is 27.5 Å². The van der Waals surface area contributed by atoms with Crippen molar-refractivity contribution in [1.29, 1.82) is 0 Å². The van der Waals surface area contributed by atoms with E-state index in [4.69, 9.17) is 9.16 Å². The third-order valence-corrected chi connectivity index (χ3v) is 9.46. The van der Waals surface area contributed by atoms with Crippen LogP contribution >= 0.6 is 0 Å². The first-order chi connectivity index (χ1) is 11.4. The van der Waals surface area contributed by atoms with Crippen molar-refractivity contribution < 1.29 is 14.0 Å². The Kier molecular flexibility index (Phi) is 9.66. The van der Waals surface area contributed by atoms with E-state index in [-0.39, 0.29) is 23.0 Å². The molecule has 0 fully saturated rings. The molecule has 144 valence electrons. The lowest BCUT2D eigenvalue weighted by Gasteiger charge is -2.40. The van der Waals surface area contributed by atoms with Crippen molar-refractivity contribution in [3.63, 3.8) is 0 Å². The van der Waals surface area contributed by atoms with Gasteiger partial charge in [-0.2, -0.15) is 0 Å². The second kappa shape index (κ2) is 10.1. The molecule has 0 rings (SSSR count). The third kappa shape index (κ3) is 8.19. The van der Waals surface area contributed by atoms with Gasteiger partial charge in [0.15, 0.2) is 8.32 Å². The maximum Gasteiger partial charge on any atom is 0.333 e. The maximum atomic E-state index is 11.7. The normalized spacial score (nSPS) is 16.9. The molecule has 0 bridgehead atoms. The Morgan fingerprint density at radius 3 is 2.20 bits per heavy atom. The van der Waals surface area contributed by atoms with Gasteiger partial charge in [-0.05, 0) is 51.2 Å². The lowest BCUT2D eigenvalue weighted by molar-refractivity contribution is -0.136. The molecule has 0 saturated heterocycles. The fourth-order valence-electron chi connectivity index (χ4n) is 2.30. The van der Waals surface area contributed by atoms with Crippen LogP contribution in [0.3, 0.4) is 0 Å². The molecule has 0 aromatic carbocycles. The van der Waals surface area contributed by atoms with Gasteiger partial charge in [0.1, 0.15) is 0 Å². The van der Waals surface area contributed by atoms with Crippen LogP contribution in [-0.2, 0) is 14.0 Å². The van der Waals surface area contributed by atoms with Crippen molar-refractivity contribution in [1.82, 2.24) is 0 Å². The van der Waals surface area contributed by atoms with Crippen LogP contribution in [0.5, 0.6) is 0 Å². The predicted octanol–water partition coefficient (Wildman–Crippen LogP) is 6.04. The highest BCUT2D eigenvalue weighted by atomic mass is 28.4. The molecule has 0 aliphatic heterocycles. The van der Waals surface area contributed by atoms with Crippen molar-refractivity contribution in [2.45, 2.75) is 79.1 Å². The van der Waals surface area contributed by atoms with Gasteiger partial charge in [-0.15, -0.1) is 0 Å². The quantitative estimate of drug-likeness (QED) is 0.227. The molecule has 2 atom stereocenters. The van der Waals surface area contributed by atoms with Crippen LogP contribution in [0.4, 0.5) is 0 Å². The highest BCUT2D eigenvalue weighted by Crippen LogP contribution is 2.38. The summed E-state index contributed by atoms with van der Waals surface area (Å²) in [6.45, 7) is 19.4. The van der Waals surface area contributed by atoms with Crippen molar-refractivity contribution in [2.24, 2.45) is 5.92 Å². The molecule has 0 unspecified atom stereocenters. The van der Waals surface area contributed by atoms with Gasteiger partial charge in [0.2, 0.25) is 0 Å². The molecule has 0 aromatic heterocycles. The fraction of sp³-hybridized carbons (Fsp3) is 0.667. The summed E-state index contributed by atoms with van der Waals surface area (Å²) in [6, 6.07) is 0. The lowest BCUT2D eigenvalue weighted by Crippen LogP contribution is -2.45. The third-order valence-electron chi connectivity index (χ3n) is 4.96. The van der Waals surface area contributed by atoms with Crippen LogP contribution < -0.4 is 0 Å². The van der Waals surface area contributed by atoms with Crippen molar-refractivity contribution in [2.75, 3.05) is 7.11 Å². The van der Waals surface area contributed by atoms with E-state index in [9.17, 15) is 4.79 Å². The van der Waals surface area contributed by atoms with Gasteiger partial charge in [-0.3, -0.25) is 0 Å². The number of allylic oxidation sites excluding steroid dienone is 3. The molecule has 0 spiro atoms. The van der Waals surface area contributed by atoms with Gasteiger partial charge in [0.05, 0.1) is 13.2 Å². The Hall–Kier alpha value is -1.13. The number of hydrogen-bond acceptors (Lipinski definition) is 3. The first kappa shape index (κ1) is 23.9. The Morgan fingerprint density at radius 1 is 1.20 bits per heavy atom. The number of esters is 1. The van der Waals surface area contributed by atoms with E-state index in [1.807, 2.05) is 19.1 Å². The van der Waals surface area contributed by atoms with E-state index in [1.165, 1.54) is 12.7 Å². The van der Waals surface area contributed by atoms with E-state index < -0.39 is 8.32 Å². The first-order valence-electron chi connectivity index (χ1n) is 9.09. The topological polar surface area (TPSA) is 35.5 Å². The van der Waals surface area contributed by atoms with Gasteiger partial charge in [0.25, 0.3) is 0 Å². The highest BCUT2D eigenvalue weighted by Gasteiger charge is 2.39. The first-order valence-corrected chi connectivity index (χ1v) is 12.0. The van der Waals surface area contributed by atoms with Gasteiger partial charge in [-0.25, -0.2) is 4.79 Å². The Labute approximate surface area is 156 Å². The minimum atomic E-state index is -1.90.